The normalized spacial score (nSPS) is 15.3. The molecule has 0 radical (unpaired) electrons. The van der Waals surface area contributed by atoms with Gasteiger partial charge in [-0.25, -0.2) is 4.98 Å². The minimum Gasteiger partial charge on any atom is -0.461 e. The van der Waals surface area contributed by atoms with Crippen molar-refractivity contribution >= 4 is 33.2 Å². The van der Waals surface area contributed by atoms with Gasteiger partial charge in [-0.1, -0.05) is 18.2 Å². The number of piperazine rings is 1. The minimum absolute atomic E-state index is 0.0457. The largest absolute Gasteiger partial charge is 0.461 e. The number of aromatic nitrogens is 2. The summed E-state index contributed by atoms with van der Waals surface area (Å²) in [6, 6.07) is 11.5. The molecule has 8 heteroatoms. The van der Waals surface area contributed by atoms with E-state index in [1.54, 1.807) is 16.7 Å². The van der Waals surface area contributed by atoms with Crippen LogP contribution in [0.4, 0.5) is 0 Å². The molecule has 1 aliphatic rings. The first-order chi connectivity index (χ1) is 14.7. The molecule has 0 N–H and O–H groups in total. The van der Waals surface area contributed by atoms with Crippen molar-refractivity contribution in [2.45, 2.75) is 19.4 Å². The Morgan fingerprint density at radius 1 is 1.13 bits per heavy atom. The van der Waals surface area contributed by atoms with Crippen molar-refractivity contribution in [2.24, 2.45) is 0 Å². The van der Waals surface area contributed by atoms with Crippen LogP contribution in [-0.4, -0.2) is 51.3 Å². The molecule has 0 unspecified atom stereocenters. The molecule has 0 saturated carbocycles. The van der Waals surface area contributed by atoms with E-state index in [1.165, 1.54) is 11.3 Å². The molecule has 0 atom stereocenters. The molecule has 4 aromatic rings. The van der Waals surface area contributed by atoms with Gasteiger partial charge in [0.25, 0.3) is 5.56 Å². The molecule has 0 spiro atoms. The van der Waals surface area contributed by atoms with Gasteiger partial charge in [0.15, 0.2) is 4.96 Å². The fourth-order valence-electron chi connectivity index (χ4n) is 3.90. The van der Waals surface area contributed by atoms with Gasteiger partial charge in [-0.15, -0.1) is 11.3 Å². The van der Waals surface area contributed by atoms with E-state index in [0.29, 0.717) is 32.5 Å². The van der Waals surface area contributed by atoms with Crippen molar-refractivity contribution < 1.29 is 9.21 Å². The smallest absolute Gasteiger partial charge is 0.258 e. The van der Waals surface area contributed by atoms with E-state index < -0.39 is 0 Å². The Kier molecular flexibility index (Phi) is 5.10. The summed E-state index contributed by atoms with van der Waals surface area (Å²) in [6.45, 7) is 3.58. The predicted molar refractivity (Wildman–Crippen MR) is 116 cm³/mol. The third-order valence-corrected chi connectivity index (χ3v) is 6.29. The van der Waals surface area contributed by atoms with Crippen LogP contribution in [0.25, 0.3) is 15.9 Å². The number of thiazole rings is 1. The lowest BCUT2D eigenvalue weighted by Gasteiger charge is -2.34. The first-order valence-electron chi connectivity index (χ1n) is 10.1. The second-order valence-electron chi connectivity index (χ2n) is 7.55. The van der Waals surface area contributed by atoms with Crippen LogP contribution in [0.15, 0.2) is 57.2 Å². The number of aryl methyl sites for hydroxylation is 1. The van der Waals surface area contributed by atoms with Crippen LogP contribution >= 0.6 is 11.3 Å². The lowest BCUT2D eigenvalue weighted by atomic mass is 10.2. The zero-order chi connectivity index (χ0) is 20.5. The quantitative estimate of drug-likeness (QED) is 0.495. The van der Waals surface area contributed by atoms with Crippen LogP contribution in [0.5, 0.6) is 0 Å². The highest BCUT2D eigenvalue weighted by Crippen LogP contribution is 2.20. The molecule has 1 aromatic carbocycles. The third-order valence-electron chi connectivity index (χ3n) is 5.53. The zero-order valence-electron chi connectivity index (χ0n) is 16.5. The highest BCUT2D eigenvalue weighted by atomic mass is 32.1. The Balaban J connectivity index is 1.14. The van der Waals surface area contributed by atoms with Crippen molar-refractivity contribution in [1.29, 1.82) is 0 Å². The summed E-state index contributed by atoms with van der Waals surface area (Å²) in [7, 11) is 0. The summed E-state index contributed by atoms with van der Waals surface area (Å²) in [5.74, 6) is 1.01. The average Bonchev–Trinajstić information content (AvgIpc) is 3.39. The predicted octanol–water partition coefficient (Wildman–Crippen LogP) is 2.78. The molecule has 4 heterocycles. The number of carbonyl (C=O) groups excluding carboxylic acids is 1. The zero-order valence-corrected chi connectivity index (χ0v) is 17.3. The maximum absolute atomic E-state index is 12.6. The molecule has 1 aliphatic heterocycles. The molecule has 0 bridgehead atoms. The van der Waals surface area contributed by atoms with Crippen LogP contribution in [0, 0.1) is 0 Å². The van der Waals surface area contributed by atoms with E-state index in [9.17, 15) is 9.59 Å². The summed E-state index contributed by atoms with van der Waals surface area (Å²) >= 11 is 1.46. The fourth-order valence-corrected chi connectivity index (χ4v) is 4.64. The Labute approximate surface area is 177 Å². The number of carbonyl (C=O) groups is 1. The van der Waals surface area contributed by atoms with Crippen LogP contribution in [-0.2, 0) is 17.8 Å². The molecule has 5 rings (SSSR count). The fraction of sp³-hybridized carbons (Fsp3) is 0.318. The summed E-state index contributed by atoms with van der Waals surface area (Å²) in [6.07, 6.45) is 2.81. The number of amides is 1. The standard InChI is InChI=1S/C22H22N4O3S/c27-20(6-5-18-13-16-3-1-2-4-19(16)29-18)25-9-7-24(8-10-25)15-17-14-21(28)26-11-12-30-22(26)23-17/h1-4,11-14H,5-10,15H2. The van der Waals surface area contributed by atoms with Crippen molar-refractivity contribution in [3.05, 3.63) is 69.8 Å². The minimum atomic E-state index is -0.0457. The highest BCUT2D eigenvalue weighted by molar-refractivity contribution is 7.15. The van der Waals surface area contributed by atoms with E-state index in [1.807, 2.05) is 40.6 Å². The number of hydrogen-bond acceptors (Lipinski definition) is 6. The summed E-state index contributed by atoms with van der Waals surface area (Å²) in [4.78, 5) is 34.2. The maximum Gasteiger partial charge on any atom is 0.258 e. The second kappa shape index (κ2) is 8.04. The van der Waals surface area contributed by atoms with E-state index in [-0.39, 0.29) is 11.5 Å². The van der Waals surface area contributed by atoms with Crippen LogP contribution in [0.1, 0.15) is 17.9 Å². The average molecular weight is 423 g/mol. The molecule has 1 fully saturated rings. The number of benzene rings is 1. The van der Waals surface area contributed by atoms with Gasteiger partial charge < -0.3 is 9.32 Å². The monoisotopic (exact) mass is 422 g/mol. The molecular formula is C22H22N4O3S. The number of rotatable bonds is 5. The van der Waals surface area contributed by atoms with Crippen LogP contribution in [0.3, 0.4) is 0 Å². The van der Waals surface area contributed by atoms with Crippen molar-refractivity contribution in [1.82, 2.24) is 19.2 Å². The topological polar surface area (TPSA) is 71.1 Å². The molecule has 1 amide bonds. The summed E-state index contributed by atoms with van der Waals surface area (Å²) < 4.78 is 7.37. The third kappa shape index (κ3) is 3.88. The number of nitrogens with zero attached hydrogens (tertiary/aromatic N) is 4. The highest BCUT2D eigenvalue weighted by Gasteiger charge is 2.22. The van der Waals surface area contributed by atoms with Crippen molar-refractivity contribution in [2.75, 3.05) is 26.2 Å². The Hall–Kier alpha value is -2.97. The first kappa shape index (κ1) is 19.0. The van der Waals surface area contributed by atoms with Gasteiger partial charge in [-0.2, -0.15) is 0 Å². The van der Waals surface area contributed by atoms with Crippen molar-refractivity contribution in [3.63, 3.8) is 0 Å². The molecule has 1 saturated heterocycles. The Morgan fingerprint density at radius 3 is 2.80 bits per heavy atom. The number of fused-ring (bicyclic) bond motifs is 2. The van der Waals surface area contributed by atoms with Gasteiger partial charge in [-0.3, -0.25) is 18.9 Å². The van der Waals surface area contributed by atoms with E-state index in [4.69, 9.17) is 4.42 Å². The van der Waals surface area contributed by atoms with Gasteiger partial charge in [0.1, 0.15) is 11.3 Å². The van der Waals surface area contributed by atoms with Crippen LogP contribution < -0.4 is 5.56 Å². The van der Waals surface area contributed by atoms with Gasteiger partial charge in [0, 0.05) is 68.6 Å². The molecule has 30 heavy (non-hydrogen) atoms. The lowest BCUT2D eigenvalue weighted by molar-refractivity contribution is -0.133. The lowest BCUT2D eigenvalue weighted by Crippen LogP contribution is -2.48. The van der Waals surface area contributed by atoms with Crippen LogP contribution in [0.2, 0.25) is 0 Å². The second-order valence-corrected chi connectivity index (χ2v) is 8.42. The van der Waals surface area contributed by atoms with Gasteiger partial charge in [-0.05, 0) is 12.1 Å². The molecular weight excluding hydrogens is 400 g/mol. The maximum atomic E-state index is 12.6. The van der Waals surface area contributed by atoms with Gasteiger partial charge >= 0.3 is 0 Å². The SMILES string of the molecule is O=C(CCc1cc2ccccc2o1)N1CCN(Cc2cc(=O)n3ccsc3n2)CC1. The number of furan rings is 1. The Bertz CT molecular complexity index is 1220. The molecule has 3 aromatic heterocycles. The summed E-state index contributed by atoms with van der Waals surface area (Å²) in [5, 5.41) is 2.94. The van der Waals surface area contributed by atoms with Crippen molar-refractivity contribution in [3.8, 4) is 0 Å². The number of para-hydroxylation sites is 1. The van der Waals surface area contributed by atoms with E-state index in [0.717, 1.165) is 40.5 Å². The van der Waals surface area contributed by atoms with E-state index in [2.05, 4.69) is 9.88 Å². The van der Waals surface area contributed by atoms with Gasteiger partial charge in [0.2, 0.25) is 5.91 Å². The first-order valence-corrected chi connectivity index (χ1v) is 11.0. The van der Waals surface area contributed by atoms with Gasteiger partial charge in [0.05, 0.1) is 5.69 Å². The van der Waals surface area contributed by atoms with E-state index >= 15 is 0 Å². The molecule has 154 valence electrons. The molecule has 7 nitrogen and oxygen atoms in total. The molecule has 0 aliphatic carbocycles. The summed E-state index contributed by atoms with van der Waals surface area (Å²) in [5.41, 5.74) is 1.60. The number of hydrogen-bond donors (Lipinski definition) is 0. The Morgan fingerprint density at radius 2 is 1.97 bits per heavy atom.